The summed E-state index contributed by atoms with van der Waals surface area (Å²) < 4.78 is 5.26. The Bertz CT molecular complexity index is 305. The van der Waals surface area contributed by atoms with Crippen molar-refractivity contribution in [1.82, 2.24) is 10.6 Å². The van der Waals surface area contributed by atoms with Crippen molar-refractivity contribution in [2.24, 2.45) is 0 Å². The van der Waals surface area contributed by atoms with Gasteiger partial charge in [-0.25, -0.2) is 9.59 Å². The van der Waals surface area contributed by atoms with Gasteiger partial charge in [0.1, 0.15) is 0 Å². The maximum Gasteiger partial charge on any atom is 0.337 e. The molecule has 4 N–H and O–H groups in total. The van der Waals surface area contributed by atoms with Crippen molar-refractivity contribution < 1.29 is 24.5 Å². The van der Waals surface area contributed by atoms with Crippen LogP contribution in [0.4, 0.5) is 4.79 Å². The van der Waals surface area contributed by atoms with Crippen LogP contribution in [0.15, 0.2) is 0 Å². The first-order valence-electron chi connectivity index (χ1n) is 5.44. The molecule has 1 aliphatic rings. The van der Waals surface area contributed by atoms with Crippen molar-refractivity contribution in [2.45, 2.75) is 38.0 Å². The molecule has 7 heteroatoms. The number of hydrogen-bond donors (Lipinski definition) is 4. The van der Waals surface area contributed by atoms with E-state index in [-0.39, 0.29) is 18.7 Å². The van der Waals surface area contributed by atoms with E-state index in [9.17, 15) is 14.7 Å². The lowest BCUT2D eigenvalue weighted by atomic mass is 10.1. The zero-order chi connectivity index (χ0) is 13.1. The summed E-state index contributed by atoms with van der Waals surface area (Å²) in [4.78, 5) is 22.0. The van der Waals surface area contributed by atoms with Crippen LogP contribution < -0.4 is 10.6 Å². The van der Waals surface area contributed by atoms with E-state index < -0.39 is 17.6 Å². The molecule has 2 amide bonds. The molecular formula is C10H18N2O5. The van der Waals surface area contributed by atoms with Gasteiger partial charge in [0, 0.05) is 6.61 Å². The summed E-state index contributed by atoms with van der Waals surface area (Å²) in [7, 11) is 0. The van der Waals surface area contributed by atoms with Gasteiger partial charge in [0.05, 0.1) is 18.7 Å². The maximum atomic E-state index is 11.4. The first-order valence-corrected chi connectivity index (χ1v) is 5.44. The topological polar surface area (TPSA) is 108 Å². The van der Waals surface area contributed by atoms with Gasteiger partial charge in [0.15, 0.2) is 5.60 Å². The second kappa shape index (κ2) is 5.33. The Morgan fingerprint density at radius 3 is 2.65 bits per heavy atom. The summed E-state index contributed by atoms with van der Waals surface area (Å²) in [6.45, 7) is 3.22. The summed E-state index contributed by atoms with van der Waals surface area (Å²) in [5.41, 5.74) is -1.96. The highest BCUT2D eigenvalue weighted by Gasteiger charge is 2.31. The molecule has 0 aromatic heterocycles. The number of urea groups is 1. The predicted octanol–water partition coefficient (Wildman–Crippen LogP) is -0.701. The summed E-state index contributed by atoms with van der Waals surface area (Å²) in [6.07, 6.45) is 0.671. The number of nitrogens with one attached hydrogen (secondary N) is 2. The molecule has 0 spiro atoms. The SMILES string of the molecule is CC1OCCC1NC(=O)NCC(C)(O)C(=O)O. The largest absolute Gasteiger partial charge is 0.479 e. The molecule has 0 aromatic carbocycles. The highest BCUT2D eigenvalue weighted by atomic mass is 16.5. The molecule has 0 bridgehead atoms. The molecule has 17 heavy (non-hydrogen) atoms. The van der Waals surface area contributed by atoms with Crippen molar-refractivity contribution in [2.75, 3.05) is 13.2 Å². The summed E-state index contributed by atoms with van der Waals surface area (Å²) in [5.74, 6) is -1.38. The van der Waals surface area contributed by atoms with Crippen LogP contribution in [-0.4, -0.2) is 53.1 Å². The minimum atomic E-state index is -1.96. The van der Waals surface area contributed by atoms with Crippen LogP contribution in [0.1, 0.15) is 20.3 Å². The molecule has 0 aromatic rings. The van der Waals surface area contributed by atoms with Crippen LogP contribution in [0.5, 0.6) is 0 Å². The summed E-state index contributed by atoms with van der Waals surface area (Å²) in [6, 6.07) is -0.585. The number of aliphatic carboxylic acids is 1. The fraction of sp³-hybridized carbons (Fsp3) is 0.800. The van der Waals surface area contributed by atoms with Gasteiger partial charge in [0.25, 0.3) is 0 Å². The van der Waals surface area contributed by atoms with Gasteiger partial charge in [-0.15, -0.1) is 0 Å². The number of carbonyl (C=O) groups is 2. The molecule has 7 nitrogen and oxygen atoms in total. The summed E-state index contributed by atoms with van der Waals surface area (Å²) >= 11 is 0. The third kappa shape index (κ3) is 3.86. The van der Waals surface area contributed by atoms with Crippen molar-refractivity contribution in [3.05, 3.63) is 0 Å². The minimum Gasteiger partial charge on any atom is -0.479 e. The fourth-order valence-electron chi connectivity index (χ4n) is 1.47. The predicted molar refractivity (Wildman–Crippen MR) is 58.6 cm³/mol. The van der Waals surface area contributed by atoms with Crippen molar-refractivity contribution in [3.8, 4) is 0 Å². The molecule has 3 atom stereocenters. The molecule has 0 radical (unpaired) electrons. The molecule has 1 heterocycles. The second-order valence-corrected chi connectivity index (χ2v) is 4.38. The Hall–Kier alpha value is -1.34. The van der Waals surface area contributed by atoms with E-state index in [0.717, 1.165) is 13.3 Å². The number of carboxylic acids is 1. The quantitative estimate of drug-likeness (QED) is 0.524. The lowest BCUT2D eigenvalue weighted by Gasteiger charge is -2.20. The van der Waals surface area contributed by atoms with Crippen LogP contribution in [0, 0.1) is 0 Å². The third-order valence-electron chi connectivity index (χ3n) is 2.75. The van der Waals surface area contributed by atoms with Crippen LogP contribution >= 0.6 is 0 Å². The van der Waals surface area contributed by atoms with E-state index in [1.165, 1.54) is 0 Å². The molecule has 1 saturated heterocycles. The fourth-order valence-corrected chi connectivity index (χ4v) is 1.47. The van der Waals surface area contributed by atoms with Crippen molar-refractivity contribution in [3.63, 3.8) is 0 Å². The van der Waals surface area contributed by atoms with Gasteiger partial charge >= 0.3 is 12.0 Å². The van der Waals surface area contributed by atoms with E-state index in [0.29, 0.717) is 6.61 Å². The van der Waals surface area contributed by atoms with Gasteiger partial charge < -0.3 is 25.6 Å². The summed E-state index contributed by atoms with van der Waals surface area (Å²) in [5, 5.41) is 23.0. The lowest BCUT2D eigenvalue weighted by Crippen LogP contribution is -2.51. The van der Waals surface area contributed by atoms with E-state index in [4.69, 9.17) is 9.84 Å². The number of rotatable bonds is 4. The first kappa shape index (κ1) is 13.7. The monoisotopic (exact) mass is 246 g/mol. The Morgan fingerprint density at radius 2 is 2.18 bits per heavy atom. The van der Waals surface area contributed by atoms with E-state index in [1.807, 2.05) is 6.92 Å². The standard InChI is InChI=1S/C10H18N2O5/c1-6-7(3-4-17-6)12-9(15)11-5-10(2,16)8(13)14/h6-7,16H,3-5H2,1-2H3,(H,13,14)(H2,11,12,15). The Kier molecular flexibility index (Phi) is 4.30. The first-order chi connectivity index (χ1) is 7.83. The molecular weight excluding hydrogens is 228 g/mol. The smallest absolute Gasteiger partial charge is 0.337 e. The molecule has 98 valence electrons. The Morgan fingerprint density at radius 1 is 1.53 bits per heavy atom. The number of ether oxygens (including phenoxy) is 1. The number of amides is 2. The third-order valence-corrected chi connectivity index (χ3v) is 2.75. The maximum absolute atomic E-state index is 11.4. The van der Waals surface area contributed by atoms with Crippen LogP contribution in [0.3, 0.4) is 0 Å². The van der Waals surface area contributed by atoms with Gasteiger partial charge in [-0.1, -0.05) is 0 Å². The molecule has 1 aliphatic heterocycles. The van der Waals surface area contributed by atoms with Crippen LogP contribution in [-0.2, 0) is 9.53 Å². The highest BCUT2D eigenvalue weighted by Crippen LogP contribution is 2.12. The molecule has 0 saturated carbocycles. The molecule has 1 rings (SSSR count). The van der Waals surface area contributed by atoms with Crippen LogP contribution in [0.2, 0.25) is 0 Å². The van der Waals surface area contributed by atoms with Gasteiger partial charge in [-0.2, -0.15) is 0 Å². The molecule has 0 aliphatic carbocycles. The minimum absolute atomic E-state index is 0.0549. The van der Waals surface area contributed by atoms with Gasteiger partial charge in [0.2, 0.25) is 0 Å². The van der Waals surface area contributed by atoms with Gasteiger partial charge in [-0.3, -0.25) is 0 Å². The number of carboxylic acid groups (broad SMARTS) is 1. The van der Waals surface area contributed by atoms with E-state index >= 15 is 0 Å². The van der Waals surface area contributed by atoms with Gasteiger partial charge in [-0.05, 0) is 20.3 Å². The van der Waals surface area contributed by atoms with E-state index in [1.54, 1.807) is 0 Å². The zero-order valence-electron chi connectivity index (χ0n) is 9.90. The van der Waals surface area contributed by atoms with E-state index in [2.05, 4.69) is 10.6 Å². The van der Waals surface area contributed by atoms with Crippen molar-refractivity contribution in [1.29, 1.82) is 0 Å². The molecule has 1 fully saturated rings. The Labute approximate surface area is 99.1 Å². The highest BCUT2D eigenvalue weighted by molar-refractivity contribution is 5.79. The normalized spacial score (nSPS) is 27.2. The number of carbonyl (C=O) groups excluding carboxylic acids is 1. The average Bonchev–Trinajstić information content (AvgIpc) is 2.61. The molecule has 3 unspecified atom stereocenters. The average molecular weight is 246 g/mol. The van der Waals surface area contributed by atoms with Crippen LogP contribution in [0.25, 0.3) is 0 Å². The second-order valence-electron chi connectivity index (χ2n) is 4.38. The zero-order valence-corrected chi connectivity index (χ0v) is 9.90. The number of aliphatic hydroxyl groups is 1. The lowest BCUT2D eigenvalue weighted by molar-refractivity contribution is -0.155. The Balaban J connectivity index is 2.33. The van der Waals surface area contributed by atoms with Crippen molar-refractivity contribution >= 4 is 12.0 Å². The number of hydrogen-bond acceptors (Lipinski definition) is 4.